The molecule has 0 aromatic heterocycles. The number of thioether (sulfide) groups is 1. The Hall–Kier alpha value is -1.45. The Labute approximate surface area is 153 Å². The van der Waals surface area contributed by atoms with Gasteiger partial charge in [0.25, 0.3) is 0 Å². The minimum atomic E-state index is -0.0739. The molecular weight excluding hydrogens is 338 g/mol. The molecule has 1 heterocycles. The first-order valence-electron chi connectivity index (χ1n) is 8.40. The van der Waals surface area contributed by atoms with E-state index in [1.807, 2.05) is 12.1 Å². The number of hydrogen-bond donors (Lipinski definition) is 1. The van der Waals surface area contributed by atoms with Crippen molar-refractivity contribution in [3.05, 3.63) is 57.6 Å². The van der Waals surface area contributed by atoms with Crippen LogP contribution in [0.5, 0.6) is 0 Å². The molecule has 0 unspecified atom stereocenters. The van der Waals surface area contributed by atoms with E-state index >= 15 is 0 Å². The van der Waals surface area contributed by atoms with Gasteiger partial charge in [-0.15, -0.1) is 11.8 Å². The van der Waals surface area contributed by atoms with Crippen LogP contribution in [0.2, 0.25) is 5.02 Å². The third-order valence-corrected chi connectivity index (χ3v) is 6.17. The van der Waals surface area contributed by atoms with Crippen LogP contribution in [0, 0.1) is 6.92 Å². The van der Waals surface area contributed by atoms with Crippen molar-refractivity contribution >= 4 is 35.0 Å². The van der Waals surface area contributed by atoms with Crippen molar-refractivity contribution < 1.29 is 4.79 Å². The molecule has 3 rings (SSSR count). The van der Waals surface area contributed by atoms with E-state index in [0.29, 0.717) is 0 Å². The van der Waals surface area contributed by atoms with Crippen LogP contribution in [-0.2, 0) is 24.1 Å². The summed E-state index contributed by atoms with van der Waals surface area (Å²) in [5.41, 5.74) is 5.58. The zero-order chi connectivity index (χ0) is 17.3. The van der Waals surface area contributed by atoms with E-state index in [1.165, 1.54) is 16.0 Å². The first-order chi connectivity index (χ1) is 11.5. The Bertz CT molecular complexity index is 787. The second kappa shape index (κ2) is 7.20. The molecule has 1 N–H and O–H groups in total. The first kappa shape index (κ1) is 17.4. The number of nitrogens with one attached hydrogen (secondary N) is 1. The van der Waals surface area contributed by atoms with Gasteiger partial charge in [-0.25, -0.2) is 0 Å². The highest BCUT2D eigenvalue weighted by Crippen LogP contribution is 2.38. The number of hydrogen-bond acceptors (Lipinski definition) is 2. The Balaban J connectivity index is 1.83. The van der Waals surface area contributed by atoms with Crippen molar-refractivity contribution in [1.82, 2.24) is 0 Å². The van der Waals surface area contributed by atoms with E-state index in [9.17, 15) is 4.79 Å². The third-order valence-electron chi connectivity index (χ3n) is 4.51. The summed E-state index contributed by atoms with van der Waals surface area (Å²) >= 11 is 8.00. The lowest BCUT2D eigenvalue weighted by Crippen LogP contribution is -2.26. The highest BCUT2D eigenvalue weighted by Gasteiger charge is 2.29. The summed E-state index contributed by atoms with van der Waals surface area (Å²) in [5.74, 6) is 0.0699. The Kier molecular flexibility index (Phi) is 5.21. The Morgan fingerprint density at radius 2 is 2.04 bits per heavy atom. The summed E-state index contributed by atoms with van der Waals surface area (Å²) in [7, 11) is 0. The summed E-state index contributed by atoms with van der Waals surface area (Å²) in [6, 6.07) is 10.4. The number of carbonyl (C=O) groups is 1. The second-order valence-electron chi connectivity index (χ2n) is 6.18. The van der Waals surface area contributed by atoms with Crippen molar-refractivity contribution in [3.63, 3.8) is 0 Å². The van der Waals surface area contributed by atoms with Crippen LogP contribution in [-0.4, -0.2) is 11.2 Å². The van der Waals surface area contributed by atoms with E-state index in [0.717, 1.165) is 41.1 Å². The van der Waals surface area contributed by atoms with Gasteiger partial charge in [-0.1, -0.05) is 49.2 Å². The molecule has 0 bridgehead atoms. The highest BCUT2D eigenvalue weighted by molar-refractivity contribution is 8.01. The zero-order valence-electron chi connectivity index (χ0n) is 14.3. The molecule has 0 saturated heterocycles. The number of aryl methyl sites for hydroxylation is 2. The van der Waals surface area contributed by atoms with Gasteiger partial charge in [0.1, 0.15) is 0 Å². The molecule has 24 heavy (non-hydrogen) atoms. The first-order valence-corrected chi connectivity index (χ1v) is 9.66. The molecule has 0 aliphatic carbocycles. The number of fused-ring (bicyclic) bond motifs is 1. The fraction of sp³-hybridized carbons (Fsp3) is 0.350. The maximum Gasteiger partial charge on any atom is 0.238 e. The van der Waals surface area contributed by atoms with Crippen molar-refractivity contribution in [2.45, 2.75) is 50.2 Å². The number of rotatable bonds is 4. The molecule has 126 valence electrons. The molecule has 2 nitrogen and oxygen atoms in total. The van der Waals surface area contributed by atoms with E-state index in [2.05, 4.69) is 44.3 Å². The molecule has 4 heteroatoms. The minimum absolute atomic E-state index is 0.0699. The molecule has 1 aliphatic heterocycles. The van der Waals surface area contributed by atoms with Gasteiger partial charge in [-0.2, -0.15) is 0 Å². The van der Waals surface area contributed by atoms with Crippen LogP contribution in [0.4, 0.5) is 5.69 Å². The lowest BCUT2D eigenvalue weighted by atomic mass is 10.0. The lowest BCUT2D eigenvalue weighted by Gasteiger charge is -2.17. The second-order valence-corrected chi connectivity index (χ2v) is 7.83. The van der Waals surface area contributed by atoms with Crippen LogP contribution in [0.25, 0.3) is 0 Å². The molecule has 2 aromatic carbocycles. The largest absolute Gasteiger partial charge is 0.325 e. The van der Waals surface area contributed by atoms with Gasteiger partial charge in [0.15, 0.2) is 0 Å². The molecule has 1 atom stereocenters. The molecule has 0 saturated carbocycles. The van der Waals surface area contributed by atoms with Crippen molar-refractivity contribution in [2.24, 2.45) is 0 Å². The average molecular weight is 360 g/mol. The molecule has 0 fully saturated rings. The molecule has 0 spiro atoms. The predicted molar refractivity (Wildman–Crippen MR) is 103 cm³/mol. The fourth-order valence-corrected chi connectivity index (χ4v) is 4.73. The Morgan fingerprint density at radius 1 is 1.25 bits per heavy atom. The van der Waals surface area contributed by atoms with E-state index < -0.39 is 0 Å². The summed E-state index contributed by atoms with van der Waals surface area (Å²) < 4.78 is 0. The van der Waals surface area contributed by atoms with Crippen LogP contribution in [0.3, 0.4) is 0 Å². The predicted octanol–water partition coefficient (Wildman–Crippen LogP) is 5.43. The molecule has 2 aromatic rings. The number of halogens is 1. The van der Waals surface area contributed by atoms with Crippen molar-refractivity contribution in [3.8, 4) is 0 Å². The maximum absolute atomic E-state index is 12.8. The molecule has 1 amide bonds. The van der Waals surface area contributed by atoms with Crippen LogP contribution < -0.4 is 5.32 Å². The smallest absolute Gasteiger partial charge is 0.238 e. The summed E-state index contributed by atoms with van der Waals surface area (Å²) in [4.78, 5) is 14.1. The van der Waals surface area contributed by atoms with Gasteiger partial charge in [0, 0.05) is 15.6 Å². The number of anilines is 1. The van der Waals surface area contributed by atoms with Gasteiger partial charge in [-0.05, 0) is 55.0 Å². The third kappa shape index (κ3) is 3.33. The number of carbonyl (C=O) groups excluding carboxylic acids is 1. The minimum Gasteiger partial charge on any atom is -0.325 e. The Morgan fingerprint density at radius 3 is 2.75 bits per heavy atom. The van der Waals surface area contributed by atoms with Gasteiger partial charge >= 0.3 is 0 Å². The normalized spacial score (nSPS) is 16.1. The number of amides is 1. The van der Waals surface area contributed by atoms with Crippen LogP contribution >= 0.6 is 23.4 Å². The topological polar surface area (TPSA) is 29.1 Å². The highest BCUT2D eigenvalue weighted by atomic mass is 35.5. The monoisotopic (exact) mass is 359 g/mol. The van der Waals surface area contributed by atoms with Crippen molar-refractivity contribution in [2.75, 3.05) is 5.32 Å². The van der Waals surface area contributed by atoms with Gasteiger partial charge < -0.3 is 5.32 Å². The van der Waals surface area contributed by atoms with Crippen LogP contribution in [0.1, 0.15) is 36.1 Å². The van der Waals surface area contributed by atoms with E-state index in [1.54, 1.807) is 11.8 Å². The SMILES string of the molecule is CCc1ccc(Cl)c(CC)c1NC(=O)[C@H]1Cc2ccc(C)cc2S1. The van der Waals surface area contributed by atoms with Crippen molar-refractivity contribution in [1.29, 1.82) is 0 Å². The van der Waals surface area contributed by atoms with E-state index in [4.69, 9.17) is 11.6 Å². The molecule has 0 radical (unpaired) electrons. The summed E-state index contributed by atoms with van der Waals surface area (Å²) in [6.45, 7) is 6.25. The standard InChI is InChI=1S/C20H22ClNOS/c1-4-13-8-9-16(21)15(5-2)19(13)22-20(23)18-11-14-7-6-12(3)10-17(14)24-18/h6-10,18H,4-5,11H2,1-3H3,(H,22,23)/t18-/m1/s1. The summed E-state index contributed by atoms with van der Waals surface area (Å²) in [6.07, 6.45) is 2.46. The van der Waals surface area contributed by atoms with Crippen LogP contribution in [0.15, 0.2) is 35.2 Å². The lowest BCUT2D eigenvalue weighted by molar-refractivity contribution is -0.115. The number of benzene rings is 2. The van der Waals surface area contributed by atoms with E-state index in [-0.39, 0.29) is 11.2 Å². The van der Waals surface area contributed by atoms with Gasteiger partial charge in [-0.3, -0.25) is 4.79 Å². The summed E-state index contributed by atoms with van der Waals surface area (Å²) in [5, 5.41) is 3.82. The van der Waals surface area contributed by atoms with Gasteiger partial charge in [0.05, 0.1) is 5.25 Å². The maximum atomic E-state index is 12.8. The zero-order valence-corrected chi connectivity index (χ0v) is 15.9. The average Bonchev–Trinajstić information content (AvgIpc) is 2.98. The quantitative estimate of drug-likeness (QED) is 0.788. The molecular formula is C20H22ClNOS. The molecule has 1 aliphatic rings. The van der Waals surface area contributed by atoms with Gasteiger partial charge in [0.2, 0.25) is 5.91 Å². The fourth-order valence-electron chi connectivity index (χ4n) is 3.15.